The lowest BCUT2D eigenvalue weighted by Gasteiger charge is -2.39. The van der Waals surface area contributed by atoms with Gasteiger partial charge in [0.15, 0.2) is 6.04 Å². The Morgan fingerprint density at radius 1 is 1.38 bits per heavy atom. The Balaban J connectivity index is 1.61. The minimum atomic E-state index is -4.56. The molecular weight excluding hydrogens is 401 g/mol. The molecule has 2 fully saturated rings. The first-order chi connectivity index (χ1) is 15.1. The van der Waals surface area contributed by atoms with Gasteiger partial charge in [0.1, 0.15) is 25.9 Å². The molecule has 1 aliphatic heterocycles. The van der Waals surface area contributed by atoms with Crippen LogP contribution in [0.15, 0.2) is 30.3 Å². The van der Waals surface area contributed by atoms with E-state index in [1.165, 1.54) is 0 Å². The number of methoxy groups -OCH3 is 1. The normalized spacial score (nSPS) is 33.2. The number of carbonyl (C=O) groups excluding carboxylic acids is 2. The van der Waals surface area contributed by atoms with Crippen molar-refractivity contribution in [1.29, 1.82) is 0 Å². The number of ether oxygens (including phenoxy) is 2. The maximum Gasteiger partial charge on any atom is 0.408 e. The Hall–Kier alpha value is -1.77. The van der Waals surface area contributed by atoms with E-state index in [4.69, 9.17) is 22.4 Å². The third-order valence-electron chi connectivity index (χ3n) is 4.48. The first-order valence-corrected chi connectivity index (χ1v) is 10.7. The largest absolute Gasteiger partial charge is 0.606 e. The van der Waals surface area contributed by atoms with Crippen LogP contribution >= 0.6 is 8.17 Å². The second kappa shape index (κ2) is 10.3. The molecule has 1 unspecified atom stereocenters. The Morgan fingerprint density at radius 3 is 2.90 bits per heavy atom. The molecule has 4 atom stereocenters. The van der Waals surface area contributed by atoms with Crippen LogP contribution in [-0.2, 0) is 34.4 Å². The molecule has 2 aliphatic rings. The highest BCUT2D eigenvalue weighted by Gasteiger charge is 2.47. The van der Waals surface area contributed by atoms with Gasteiger partial charge in [0.05, 0.1) is 11.2 Å². The quantitative estimate of drug-likeness (QED) is 0.517. The van der Waals surface area contributed by atoms with Crippen LogP contribution in [-0.4, -0.2) is 44.5 Å². The molecule has 1 saturated heterocycles. The summed E-state index contributed by atoms with van der Waals surface area (Å²) in [6.07, 6.45) is -0.916. The highest BCUT2D eigenvalue weighted by atomic mass is 31.2. The Kier molecular flexibility index (Phi) is 6.42. The Labute approximate surface area is 174 Å². The number of phosphoric ester groups is 1. The number of rotatable bonds is 7. The van der Waals surface area contributed by atoms with Crippen molar-refractivity contribution in [3.8, 4) is 0 Å². The Bertz CT molecular complexity index is 819. The third kappa shape index (κ3) is 6.35. The first kappa shape index (κ1) is 18.0. The fourth-order valence-corrected chi connectivity index (χ4v) is 4.18. The Morgan fingerprint density at radius 2 is 2.14 bits per heavy atom. The lowest BCUT2D eigenvalue weighted by Crippen LogP contribution is -2.46. The van der Waals surface area contributed by atoms with Crippen molar-refractivity contribution in [2.75, 3.05) is 20.3 Å². The molecule has 0 radical (unpaired) electrons. The summed E-state index contributed by atoms with van der Waals surface area (Å²) in [5.41, 5.74) is 0.729. The predicted octanol–water partition coefficient (Wildman–Crippen LogP) is 2.11. The summed E-state index contributed by atoms with van der Waals surface area (Å²) in [6, 6.07) is 7.43. The zero-order valence-corrected chi connectivity index (χ0v) is 16.9. The average Bonchev–Trinajstić information content (AvgIpc) is 2.74. The summed E-state index contributed by atoms with van der Waals surface area (Å²) in [6.45, 7) is -3.17. The van der Waals surface area contributed by atoms with Crippen LogP contribution in [0.25, 0.3) is 0 Å². The highest BCUT2D eigenvalue weighted by Crippen LogP contribution is 2.59. The molecule has 1 amide bonds. The molecule has 1 saturated carbocycles. The van der Waals surface area contributed by atoms with Gasteiger partial charge in [-0.2, -0.15) is 13.6 Å². The van der Waals surface area contributed by atoms with Gasteiger partial charge in [0.25, 0.3) is 0 Å². The van der Waals surface area contributed by atoms with Gasteiger partial charge in [-0.15, -0.1) is 0 Å². The van der Waals surface area contributed by atoms with Gasteiger partial charge in [-0.3, -0.25) is 0 Å². The van der Waals surface area contributed by atoms with Crippen molar-refractivity contribution in [3.05, 3.63) is 35.9 Å². The van der Waals surface area contributed by atoms with E-state index in [1.807, 2.05) is 6.07 Å². The van der Waals surface area contributed by atoms with Gasteiger partial charge < -0.3 is 19.7 Å². The minimum absolute atomic E-state index is 0.0465. The molecule has 1 aromatic rings. The molecule has 10 heteroatoms. The molecule has 1 aliphatic carbocycles. The van der Waals surface area contributed by atoms with Crippen LogP contribution in [0.1, 0.15) is 35.4 Å². The van der Waals surface area contributed by atoms with E-state index in [1.54, 1.807) is 24.3 Å². The van der Waals surface area contributed by atoms with Crippen molar-refractivity contribution in [2.45, 2.75) is 44.4 Å². The number of fused-ring (bicyclic) bond motifs is 1. The fourth-order valence-electron chi connectivity index (χ4n) is 2.94. The van der Waals surface area contributed by atoms with Crippen LogP contribution in [0.3, 0.4) is 0 Å². The third-order valence-corrected chi connectivity index (χ3v) is 5.73. The van der Waals surface area contributed by atoms with Crippen LogP contribution < -0.4 is 10.2 Å². The number of hydrogen-bond donors (Lipinski definition) is 1. The van der Waals surface area contributed by atoms with Crippen molar-refractivity contribution < 1.29 is 41.6 Å². The van der Waals surface area contributed by atoms with E-state index in [0.29, 0.717) is 19.3 Å². The maximum atomic E-state index is 13.0. The number of benzene rings is 1. The predicted molar refractivity (Wildman–Crippen MR) is 101 cm³/mol. The second-order valence-electron chi connectivity index (χ2n) is 6.59. The van der Waals surface area contributed by atoms with E-state index in [2.05, 4.69) is 10.1 Å². The lowest BCUT2D eigenvalue weighted by molar-refractivity contribution is -0.268. The van der Waals surface area contributed by atoms with E-state index in [9.17, 15) is 14.5 Å². The van der Waals surface area contributed by atoms with E-state index in [0.717, 1.165) is 12.7 Å². The topological polar surface area (TPSA) is 115 Å². The van der Waals surface area contributed by atoms with Crippen molar-refractivity contribution in [3.63, 3.8) is 0 Å². The van der Waals surface area contributed by atoms with Gasteiger partial charge >= 0.3 is 20.2 Å². The van der Waals surface area contributed by atoms with Gasteiger partial charge in [0.2, 0.25) is 0 Å². The summed E-state index contributed by atoms with van der Waals surface area (Å²) >= 11 is 0. The monoisotopic (exact) mass is 430 g/mol. The molecule has 160 valence electrons. The van der Waals surface area contributed by atoms with E-state index < -0.39 is 51.4 Å². The van der Waals surface area contributed by atoms with Crippen molar-refractivity contribution in [1.82, 2.24) is 5.32 Å². The lowest BCUT2D eigenvalue weighted by atomic mass is 9.87. The number of esters is 1. The molecule has 0 aromatic heterocycles. The van der Waals surface area contributed by atoms with Gasteiger partial charge in [-0.1, -0.05) is 43.2 Å². The van der Waals surface area contributed by atoms with Crippen LogP contribution in [0.5, 0.6) is 0 Å². The van der Waals surface area contributed by atoms with Crippen LogP contribution in [0, 0.1) is 5.92 Å². The van der Waals surface area contributed by atoms with Crippen LogP contribution in [0.4, 0.5) is 4.79 Å². The zero-order valence-electron chi connectivity index (χ0n) is 19.0. The van der Waals surface area contributed by atoms with Crippen LogP contribution in [0.2, 0.25) is 0 Å². The van der Waals surface area contributed by atoms with Crippen molar-refractivity contribution >= 4 is 20.2 Å². The number of alkyl carbamates (subject to hydrolysis) is 1. The van der Waals surface area contributed by atoms with Crippen molar-refractivity contribution in [2.24, 2.45) is 5.92 Å². The molecule has 1 aromatic carbocycles. The summed E-state index contributed by atoms with van der Waals surface area (Å²) in [7, 11) is -3.47. The molecule has 29 heavy (non-hydrogen) atoms. The fraction of sp³-hybridized carbons (Fsp3) is 0.579. The molecule has 3 rings (SSSR count). The SMILES string of the molecule is [2H]C1([2H])O[P+]([O-])(OC[C@H](NC(=O)OCc2ccccc2)C(=O)OC)O[C@@]2([2H])CCCC[C@@H]12. The minimum Gasteiger partial charge on any atom is -0.606 e. The van der Waals surface area contributed by atoms with Gasteiger partial charge in [-0.05, 0) is 18.4 Å². The van der Waals surface area contributed by atoms with Gasteiger partial charge in [-0.25, -0.2) is 9.59 Å². The highest BCUT2D eigenvalue weighted by molar-refractivity contribution is 7.54. The smallest absolute Gasteiger partial charge is 0.408 e. The summed E-state index contributed by atoms with van der Waals surface area (Å²) in [5, 5.41) is 2.25. The number of phosphoric acid groups is 1. The maximum absolute atomic E-state index is 13.0. The molecule has 1 heterocycles. The summed E-state index contributed by atoms with van der Waals surface area (Å²) < 4.78 is 49.8. The number of amides is 1. The average molecular weight is 430 g/mol. The second-order valence-corrected chi connectivity index (χ2v) is 8.11. The van der Waals surface area contributed by atoms with Gasteiger partial charge in [0, 0.05) is 5.92 Å². The van der Waals surface area contributed by atoms with E-state index in [-0.39, 0.29) is 13.0 Å². The molecule has 9 nitrogen and oxygen atoms in total. The molecule has 1 N–H and O–H groups in total. The summed E-state index contributed by atoms with van der Waals surface area (Å²) in [4.78, 5) is 37.2. The number of carbonyl (C=O) groups is 2. The number of nitrogens with one attached hydrogen (secondary N) is 1. The van der Waals surface area contributed by atoms with E-state index >= 15 is 0 Å². The summed E-state index contributed by atoms with van der Waals surface area (Å²) in [5.74, 6) is -1.85. The first-order valence-electron chi connectivity index (χ1n) is 10.8. The molecule has 0 spiro atoms. The molecule has 0 bridgehead atoms. The zero-order chi connectivity index (χ0) is 23.4. The molecular formula is C19H26NO8P. The standard InChI is InChI=1S/C19H26NO8P/c1-24-18(21)16(20-19(22)25-11-14-7-3-2-4-8-14)13-27-29(23)26-12-15-9-5-6-10-17(15)28-29/h2-4,7-8,15-17H,5-6,9-13H2,1H3,(H,20,22)/t15-,16-,17-,29?/m0/s1/i12D2,17D. The number of hydrogen-bond acceptors (Lipinski definition) is 8.